The van der Waals surface area contributed by atoms with Crippen molar-refractivity contribution in [3.05, 3.63) is 71.3 Å². The number of halogens is 5. The Hall–Kier alpha value is -4.79. The van der Waals surface area contributed by atoms with Crippen molar-refractivity contribution >= 4 is 28.6 Å². The van der Waals surface area contributed by atoms with Crippen LogP contribution < -0.4 is 10.6 Å². The number of nitrogens with zero attached hydrogens (tertiary/aromatic N) is 2. The van der Waals surface area contributed by atoms with Crippen LogP contribution in [-0.2, 0) is 0 Å². The van der Waals surface area contributed by atoms with E-state index in [0.29, 0.717) is 18.4 Å². The van der Waals surface area contributed by atoms with E-state index in [1.54, 1.807) is 42.5 Å². The zero-order valence-corrected chi connectivity index (χ0v) is 24.4. The zero-order chi connectivity index (χ0) is 32.6. The number of benzene rings is 2. The fourth-order valence-corrected chi connectivity index (χ4v) is 5.58. The smallest absolute Gasteiger partial charge is 0.437 e. The fraction of sp³-hybridized carbons (Fsp3) is 0.333. The first kappa shape index (κ1) is 31.6. The number of aryl methyl sites for hydroxylation is 1. The van der Waals surface area contributed by atoms with Gasteiger partial charge in [0.1, 0.15) is 11.6 Å². The summed E-state index contributed by atoms with van der Waals surface area (Å²) in [5.41, 5.74) is 1.17. The van der Waals surface area contributed by atoms with E-state index in [-0.39, 0.29) is 57.1 Å². The lowest BCUT2D eigenvalue weighted by Crippen LogP contribution is -2.42. The molecule has 1 amide bonds. The summed E-state index contributed by atoms with van der Waals surface area (Å²) in [6.45, 7) is 0.0521. The van der Waals surface area contributed by atoms with Crippen LogP contribution in [0.1, 0.15) is 58.4 Å². The molecular weight excluding hydrogens is 595 g/mol. The monoisotopic (exact) mass is 624 g/mol. The number of ketones is 1. The zero-order valence-electron chi connectivity index (χ0n) is 24.4. The van der Waals surface area contributed by atoms with Crippen molar-refractivity contribution in [2.24, 2.45) is 5.41 Å². The van der Waals surface area contributed by atoms with Gasteiger partial charge in [0.2, 0.25) is 5.71 Å². The number of fused-ring (bicyclic) bond motifs is 1. The van der Waals surface area contributed by atoms with Gasteiger partial charge in [-0.1, -0.05) is 60.9 Å². The molecular formula is C33H29F5N4O3. The Morgan fingerprint density at radius 3 is 2.33 bits per heavy atom. The molecule has 0 spiro atoms. The highest BCUT2D eigenvalue weighted by atomic mass is 19.4. The Kier molecular flexibility index (Phi) is 8.40. The summed E-state index contributed by atoms with van der Waals surface area (Å²) in [6, 6.07) is 16.8. The molecule has 0 atom stereocenters. The minimum absolute atomic E-state index is 0.00435. The molecule has 0 unspecified atom stereocenters. The molecule has 234 valence electrons. The number of Topliss-reactive ketones (excluding diaryl/α,β-unsaturated/α-hetero) is 1. The molecule has 7 nitrogen and oxygen atoms in total. The molecule has 1 fully saturated rings. The second-order valence-electron chi connectivity index (χ2n) is 11.3. The second kappa shape index (κ2) is 12.0. The molecule has 12 heteroatoms. The summed E-state index contributed by atoms with van der Waals surface area (Å²) < 4.78 is 73.1. The number of carbonyl (C=O) groups excluding carboxylic acids is 2. The van der Waals surface area contributed by atoms with Crippen molar-refractivity contribution in [1.82, 2.24) is 10.3 Å². The minimum atomic E-state index is -5.82. The maximum atomic E-state index is 14.0. The molecule has 1 saturated carbocycles. The van der Waals surface area contributed by atoms with Crippen LogP contribution in [0.5, 0.6) is 0 Å². The number of alkyl halides is 5. The first-order valence-electron chi connectivity index (χ1n) is 14.3. The van der Waals surface area contributed by atoms with Crippen LogP contribution in [-0.4, -0.2) is 42.4 Å². The molecule has 45 heavy (non-hydrogen) atoms. The molecule has 0 radical (unpaired) electrons. The van der Waals surface area contributed by atoms with Gasteiger partial charge in [-0.05, 0) is 37.5 Å². The van der Waals surface area contributed by atoms with Crippen LogP contribution in [0.3, 0.4) is 0 Å². The van der Waals surface area contributed by atoms with Crippen LogP contribution in [0.2, 0.25) is 0 Å². The van der Waals surface area contributed by atoms with E-state index in [2.05, 4.69) is 21.7 Å². The number of hydrogen-bond donors (Lipinski definition) is 2. The summed E-state index contributed by atoms with van der Waals surface area (Å²) >= 11 is 0. The lowest BCUT2D eigenvalue weighted by Gasteiger charge is -2.21. The van der Waals surface area contributed by atoms with Gasteiger partial charge in [-0.2, -0.15) is 32.2 Å². The topological polar surface area (TPSA) is 108 Å². The standard InChI is InChI=1S/C33H29F5N4O3/c1-19-8-10-20(11-9-19)27-26(29(44)40-2)24-15-23(28(42-30(24)45-27)41-18-32(34,35)33(36,37)38)21-6-5-7-22(14-21)25(43)16-31(17-39)12-3-4-13-31/h5-11,14-15H,3-4,12-13,16,18H2,1-2H3,(H,40,44)(H,41,42). The molecule has 2 aromatic heterocycles. The van der Waals surface area contributed by atoms with Gasteiger partial charge >= 0.3 is 12.1 Å². The maximum Gasteiger partial charge on any atom is 0.455 e. The third-order valence-electron chi connectivity index (χ3n) is 8.14. The number of nitrogens with one attached hydrogen (secondary N) is 2. The Bertz CT molecular complexity index is 1800. The number of anilines is 1. The fourth-order valence-electron chi connectivity index (χ4n) is 5.58. The van der Waals surface area contributed by atoms with Crippen molar-refractivity contribution in [3.63, 3.8) is 0 Å². The number of amides is 1. The van der Waals surface area contributed by atoms with Crippen molar-refractivity contribution in [1.29, 1.82) is 5.26 Å². The van der Waals surface area contributed by atoms with Crippen LogP contribution in [0.25, 0.3) is 33.6 Å². The highest BCUT2D eigenvalue weighted by Gasteiger charge is 2.57. The van der Waals surface area contributed by atoms with Gasteiger partial charge in [-0.15, -0.1) is 0 Å². The minimum Gasteiger partial charge on any atom is -0.437 e. The third kappa shape index (κ3) is 6.25. The lowest BCUT2D eigenvalue weighted by molar-refractivity contribution is -0.275. The largest absolute Gasteiger partial charge is 0.455 e. The lowest BCUT2D eigenvalue weighted by atomic mass is 9.81. The van der Waals surface area contributed by atoms with E-state index >= 15 is 0 Å². The third-order valence-corrected chi connectivity index (χ3v) is 8.14. The van der Waals surface area contributed by atoms with E-state index in [1.807, 2.05) is 6.92 Å². The molecule has 0 saturated heterocycles. The predicted octanol–water partition coefficient (Wildman–Crippen LogP) is 8.10. The number of aromatic nitrogens is 1. The second-order valence-corrected chi connectivity index (χ2v) is 11.3. The van der Waals surface area contributed by atoms with Crippen molar-refractivity contribution in [3.8, 4) is 28.5 Å². The average molecular weight is 625 g/mol. The van der Waals surface area contributed by atoms with Crippen LogP contribution in [0, 0.1) is 23.7 Å². The summed E-state index contributed by atoms with van der Waals surface area (Å²) in [7, 11) is 1.41. The first-order chi connectivity index (χ1) is 21.3. The first-order valence-corrected chi connectivity index (χ1v) is 14.3. The highest BCUT2D eigenvalue weighted by molar-refractivity contribution is 6.11. The number of pyridine rings is 1. The van der Waals surface area contributed by atoms with Crippen LogP contribution in [0.4, 0.5) is 27.8 Å². The highest BCUT2D eigenvalue weighted by Crippen LogP contribution is 2.43. The van der Waals surface area contributed by atoms with E-state index in [1.165, 1.54) is 19.2 Å². The number of nitriles is 1. The maximum absolute atomic E-state index is 14.0. The van der Waals surface area contributed by atoms with E-state index in [0.717, 1.165) is 18.4 Å². The molecule has 2 N–H and O–H groups in total. The predicted molar refractivity (Wildman–Crippen MR) is 158 cm³/mol. The van der Waals surface area contributed by atoms with Crippen molar-refractivity contribution < 1.29 is 36.0 Å². The van der Waals surface area contributed by atoms with Crippen molar-refractivity contribution in [2.45, 2.75) is 51.1 Å². The summed E-state index contributed by atoms with van der Waals surface area (Å²) in [6.07, 6.45) is -2.94. The Labute approximate surface area is 255 Å². The van der Waals surface area contributed by atoms with Crippen LogP contribution >= 0.6 is 0 Å². The molecule has 2 aromatic carbocycles. The van der Waals surface area contributed by atoms with Gasteiger partial charge in [-0.25, -0.2) is 0 Å². The van der Waals surface area contributed by atoms with E-state index in [9.17, 15) is 36.8 Å². The van der Waals surface area contributed by atoms with Crippen molar-refractivity contribution in [2.75, 3.05) is 18.9 Å². The van der Waals surface area contributed by atoms with E-state index in [4.69, 9.17) is 4.42 Å². The molecule has 1 aliphatic rings. The van der Waals surface area contributed by atoms with E-state index < -0.39 is 30.0 Å². The quantitative estimate of drug-likeness (QED) is 0.144. The number of rotatable bonds is 9. The molecule has 0 aliphatic heterocycles. The molecule has 0 bridgehead atoms. The normalized spacial score (nSPS) is 14.7. The van der Waals surface area contributed by atoms with Gasteiger partial charge in [0.15, 0.2) is 5.78 Å². The average Bonchev–Trinajstić information content (AvgIpc) is 3.64. The van der Waals surface area contributed by atoms with Gasteiger partial charge in [-0.3, -0.25) is 9.59 Å². The Balaban J connectivity index is 1.66. The molecule has 1 aliphatic carbocycles. The molecule has 5 rings (SSSR count). The van der Waals surface area contributed by atoms with Gasteiger partial charge < -0.3 is 15.1 Å². The molecule has 4 aromatic rings. The van der Waals surface area contributed by atoms with Gasteiger partial charge in [0, 0.05) is 30.2 Å². The van der Waals surface area contributed by atoms with Gasteiger partial charge in [0.05, 0.1) is 29.0 Å². The number of furan rings is 1. The SMILES string of the molecule is CNC(=O)c1c(-c2ccc(C)cc2)oc2nc(NCC(F)(F)C(F)(F)F)c(-c3cccc(C(=O)CC4(C#N)CCCC4)c3)cc12. The summed E-state index contributed by atoms with van der Waals surface area (Å²) in [5, 5.41) is 14.6. The number of hydrogen-bond acceptors (Lipinski definition) is 6. The summed E-state index contributed by atoms with van der Waals surface area (Å²) in [4.78, 5) is 30.7. The van der Waals surface area contributed by atoms with Crippen LogP contribution in [0.15, 0.2) is 59.0 Å². The van der Waals surface area contributed by atoms with Gasteiger partial charge in [0.25, 0.3) is 5.91 Å². The Morgan fingerprint density at radius 1 is 1.02 bits per heavy atom. The number of carbonyl (C=O) groups is 2. The molecule has 2 heterocycles. The summed E-state index contributed by atoms with van der Waals surface area (Å²) in [5.74, 6) is -6.17. The Morgan fingerprint density at radius 2 is 1.71 bits per heavy atom.